The number of rotatable bonds is 12. The van der Waals surface area contributed by atoms with Gasteiger partial charge >= 0.3 is 0 Å². The standard InChI is InChI=1S/C31H34F2N4O6S/c1-2-25(24-8-5-20(16-35-24)41-17-19-3-4-19)42-27-10-7-22(28(32)29(27)33)30(38)36-44(39,40)21-6-9-26(23(34)15-21)43-31-11-13-37(18-31)14-12-31/h5-10,15-16,19,25H,2-4,11-14,17-18,34H2,1H3,(H,36,38). The zero-order chi connectivity index (χ0) is 31.1. The summed E-state index contributed by atoms with van der Waals surface area (Å²) < 4.78 is 75.4. The first-order chi connectivity index (χ1) is 21.1. The maximum absolute atomic E-state index is 15.1. The molecule has 0 spiro atoms. The lowest BCUT2D eigenvalue weighted by Gasteiger charge is -2.27. The largest absolute Gasteiger partial charge is 0.492 e. The molecule has 1 aliphatic carbocycles. The smallest absolute Gasteiger partial charge is 0.268 e. The number of ether oxygens (including phenoxy) is 3. The van der Waals surface area contributed by atoms with Crippen LogP contribution >= 0.6 is 0 Å². The highest BCUT2D eigenvalue weighted by atomic mass is 32.2. The first kappa shape index (κ1) is 30.1. The minimum Gasteiger partial charge on any atom is -0.492 e. The molecule has 1 unspecified atom stereocenters. The van der Waals surface area contributed by atoms with Gasteiger partial charge in [-0.3, -0.25) is 14.7 Å². The average molecular weight is 629 g/mol. The monoisotopic (exact) mass is 628 g/mol. The van der Waals surface area contributed by atoms with E-state index in [1.165, 1.54) is 18.2 Å². The number of carbonyl (C=O) groups excluding carboxylic acids is 1. The number of nitrogens with one attached hydrogen (secondary N) is 1. The molecule has 6 rings (SSSR count). The lowest BCUT2D eigenvalue weighted by molar-refractivity contribution is 0.0973. The molecular weight excluding hydrogens is 594 g/mol. The Balaban J connectivity index is 1.12. The molecule has 1 saturated carbocycles. The molecule has 3 heterocycles. The lowest BCUT2D eigenvalue weighted by atomic mass is 9.99. The van der Waals surface area contributed by atoms with E-state index >= 15 is 8.78 Å². The summed E-state index contributed by atoms with van der Waals surface area (Å²) in [4.78, 5) is 19.1. The summed E-state index contributed by atoms with van der Waals surface area (Å²) >= 11 is 0. The number of carbonyl (C=O) groups is 1. The van der Waals surface area contributed by atoms with Gasteiger partial charge in [0.1, 0.15) is 23.2 Å². The summed E-state index contributed by atoms with van der Waals surface area (Å²) in [6.45, 7) is 5.08. The highest BCUT2D eigenvalue weighted by Gasteiger charge is 2.46. The Kier molecular flexibility index (Phi) is 8.10. The van der Waals surface area contributed by atoms with Crippen LogP contribution in [-0.4, -0.2) is 56.1 Å². The Hall–Kier alpha value is -3.97. The molecule has 3 fully saturated rings. The Morgan fingerprint density at radius 2 is 1.86 bits per heavy atom. The molecule has 1 atom stereocenters. The summed E-state index contributed by atoms with van der Waals surface area (Å²) in [6, 6.07) is 9.33. The zero-order valence-electron chi connectivity index (χ0n) is 24.2. The molecule has 3 N–H and O–H groups in total. The van der Waals surface area contributed by atoms with Crippen molar-refractivity contribution in [2.24, 2.45) is 5.92 Å². The second kappa shape index (κ2) is 11.8. The first-order valence-electron chi connectivity index (χ1n) is 14.7. The van der Waals surface area contributed by atoms with Gasteiger partial charge in [-0.25, -0.2) is 17.5 Å². The molecule has 1 amide bonds. The number of nitrogen functional groups attached to an aromatic ring is 1. The van der Waals surface area contributed by atoms with E-state index in [0.717, 1.165) is 57.5 Å². The van der Waals surface area contributed by atoms with E-state index < -0.39 is 45.0 Å². The molecule has 2 saturated heterocycles. The zero-order valence-corrected chi connectivity index (χ0v) is 25.0. The number of hydrogen-bond acceptors (Lipinski definition) is 9. The summed E-state index contributed by atoms with van der Waals surface area (Å²) in [5, 5.41) is 0. The Morgan fingerprint density at radius 3 is 2.48 bits per heavy atom. The number of amides is 1. The van der Waals surface area contributed by atoms with Crippen LogP contribution in [0.3, 0.4) is 0 Å². The summed E-state index contributed by atoms with van der Waals surface area (Å²) in [5.74, 6) is -3.23. The molecule has 10 nitrogen and oxygen atoms in total. The van der Waals surface area contributed by atoms with Gasteiger partial charge in [-0.05, 0) is 67.6 Å². The minimum absolute atomic E-state index is 0.0826. The van der Waals surface area contributed by atoms with Crippen molar-refractivity contribution < 1.29 is 36.2 Å². The Bertz CT molecular complexity index is 1660. The van der Waals surface area contributed by atoms with Crippen molar-refractivity contribution >= 4 is 21.6 Å². The van der Waals surface area contributed by atoms with Gasteiger partial charge in [0.2, 0.25) is 5.82 Å². The molecule has 2 aromatic carbocycles. The number of fused-ring (bicyclic) bond motifs is 2. The fourth-order valence-corrected chi connectivity index (χ4v) is 6.55. The Morgan fingerprint density at radius 1 is 1.11 bits per heavy atom. The molecular formula is C31H34F2N4O6S. The second-order valence-electron chi connectivity index (χ2n) is 11.6. The van der Waals surface area contributed by atoms with E-state index in [4.69, 9.17) is 19.9 Å². The van der Waals surface area contributed by atoms with Gasteiger partial charge in [0, 0.05) is 32.5 Å². The molecule has 3 aromatic rings. The van der Waals surface area contributed by atoms with Crippen molar-refractivity contribution in [3.8, 4) is 17.2 Å². The van der Waals surface area contributed by atoms with Crippen molar-refractivity contribution in [1.82, 2.24) is 14.6 Å². The predicted octanol–water partition coefficient (Wildman–Crippen LogP) is 4.61. The van der Waals surface area contributed by atoms with Gasteiger partial charge in [-0.2, -0.15) is 4.39 Å². The summed E-state index contributed by atoms with van der Waals surface area (Å²) in [6.07, 6.45) is 5.27. The van der Waals surface area contributed by atoms with E-state index in [1.807, 2.05) is 0 Å². The van der Waals surface area contributed by atoms with Crippen LogP contribution in [0.5, 0.6) is 17.2 Å². The minimum atomic E-state index is -4.48. The molecule has 234 valence electrons. The normalized spacial score (nSPS) is 21.6. The maximum atomic E-state index is 15.1. The van der Waals surface area contributed by atoms with E-state index in [-0.39, 0.29) is 16.2 Å². The maximum Gasteiger partial charge on any atom is 0.268 e. The van der Waals surface area contributed by atoms with Gasteiger partial charge in [0.25, 0.3) is 15.9 Å². The highest BCUT2D eigenvalue weighted by Crippen LogP contribution is 2.39. The SMILES string of the molecule is CCC(Oc1ccc(C(=O)NS(=O)(=O)c2ccc(OC34CCN(CC3)C4)c(N)c2)c(F)c1F)c1ccc(OCC2CC2)cn1. The van der Waals surface area contributed by atoms with Gasteiger partial charge < -0.3 is 19.9 Å². The van der Waals surface area contributed by atoms with Crippen molar-refractivity contribution in [3.05, 3.63) is 71.6 Å². The molecule has 3 aliphatic rings. The molecule has 13 heteroatoms. The number of halogens is 2. The van der Waals surface area contributed by atoms with Crippen molar-refractivity contribution in [1.29, 1.82) is 0 Å². The quantitative estimate of drug-likeness (QED) is 0.276. The van der Waals surface area contributed by atoms with Crippen LogP contribution in [0.25, 0.3) is 0 Å². The van der Waals surface area contributed by atoms with Gasteiger partial charge in [0.05, 0.1) is 34.6 Å². The topological polar surface area (TPSA) is 133 Å². The third-order valence-electron chi connectivity index (χ3n) is 8.33. The third-order valence-corrected chi connectivity index (χ3v) is 9.66. The fourth-order valence-electron chi connectivity index (χ4n) is 5.54. The van der Waals surface area contributed by atoms with Crippen molar-refractivity contribution in [2.45, 2.75) is 55.6 Å². The van der Waals surface area contributed by atoms with Gasteiger partial charge in [-0.1, -0.05) is 6.92 Å². The number of aromatic nitrogens is 1. The molecule has 1 aromatic heterocycles. The number of pyridine rings is 1. The summed E-state index contributed by atoms with van der Waals surface area (Å²) in [7, 11) is -4.48. The van der Waals surface area contributed by atoms with E-state index in [1.54, 1.807) is 30.0 Å². The van der Waals surface area contributed by atoms with Crippen LogP contribution < -0.4 is 24.7 Å². The van der Waals surface area contributed by atoms with Crippen LogP contribution in [-0.2, 0) is 10.0 Å². The second-order valence-corrected chi connectivity index (χ2v) is 13.3. The number of hydrogen-bond donors (Lipinski definition) is 2. The summed E-state index contributed by atoms with van der Waals surface area (Å²) in [5.41, 5.74) is 5.52. The lowest BCUT2D eigenvalue weighted by Crippen LogP contribution is -2.35. The Labute approximate surface area is 254 Å². The van der Waals surface area contributed by atoms with Crippen molar-refractivity contribution in [2.75, 3.05) is 32.0 Å². The van der Waals surface area contributed by atoms with Crippen LogP contribution in [0.2, 0.25) is 0 Å². The highest BCUT2D eigenvalue weighted by molar-refractivity contribution is 7.90. The molecule has 2 bridgehead atoms. The van der Waals surface area contributed by atoms with Crippen LogP contribution in [0.4, 0.5) is 14.5 Å². The molecule has 44 heavy (non-hydrogen) atoms. The average Bonchev–Trinajstić information content (AvgIpc) is 3.64. The van der Waals surface area contributed by atoms with Gasteiger partial charge in [-0.15, -0.1) is 0 Å². The number of nitrogens with two attached hydrogens (primary N) is 1. The van der Waals surface area contributed by atoms with E-state index in [9.17, 15) is 13.2 Å². The number of anilines is 1. The van der Waals surface area contributed by atoms with Gasteiger partial charge in [0.15, 0.2) is 11.6 Å². The van der Waals surface area contributed by atoms with Crippen LogP contribution in [0.15, 0.2) is 53.6 Å². The van der Waals surface area contributed by atoms with Crippen LogP contribution in [0.1, 0.15) is 61.2 Å². The number of sulfonamides is 1. The molecule has 2 aliphatic heterocycles. The van der Waals surface area contributed by atoms with E-state index in [0.29, 0.717) is 36.1 Å². The van der Waals surface area contributed by atoms with Crippen LogP contribution in [0, 0.1) is 17.6 Å². The molecule has 0 radical (unpaired) electrons. The fraction of sp³-hybridized carbons (Fsp3) is 0.419. The number of benzene rings is 2. The van der Waals surface area contributed by atoms with Crippen molar-refractivity contribution in [3.63, 3.8) is 0 Å². The number of piperidine rings is 1. The van der Waals surface area contributed by atoms with E-state index in [2.05, 4.69) is 9.88 Å². The first-order valence-corrected chi connectivity index (χ1v) is 16.2. The predicted molar refractivity (Wildman–Crippen MR) is 157 cm³/mol. The third kappa shape index (κ3) is 6.29. The number of nitrogens with zero attached hydrogens (tertiary/aromatic N) is 2.